The second-order valence-electron chi connectivity index (χ2n) is 4.03. The van der Waals surface area contributed by atoms with Crippen LogP contribution in [-0.4, -0.2) is 41.4 Å². The van der Waals surface area contributed by atoms with Crippen molar-refractivity contribution in [2.24, 2.45) is 0 Å². The van der Waals surface area contributed by atoms with E-state index in [2.05, 4.69) is 4.90 Å². The van der Waals surface area contributed by atoms with Crippen molar-refractivity contribution in [1.82, 2.24) is 4.90 Å². The van der Waals surface area contributed by atoms with E-state index in [-0.39, 0.29) is 24.9 Å². The van der Waals surface area contributed by atoms with E-state index in [4.69, 9.17) is 0 Å². The summed E-state index contributed by atoms with van der Waals surface area (Å²) in [5.74, 6) is 0. The number of aliphatic hydroxyl groups is 1. The van der Waals surface area contributed by atoms with Crippen LogP contribution in [-0.2, 0) is 0 Å². The lowest BCUT2D eigenvalue weighted by atomic mass is 9.95. The molecule has 70 valence electrons. The van der Waals surface area contributed by atoms with Crippen molar-refractivity contribution in [3.63, 3.8) is 0 Å². The van der Waals surface area contributed by atoms with Gasteiger partial charge < -0.3 is 5.11 Å². The predicted octanol–water partition coefficient (Wildman–Crippen LogP) is 0.945. The van der Waals surface area contributed by atoms with Gasteiger partial charge in [0.05, 0.1) is 6.61 Å². The molecule has 0 aromatic carbocycles. The number of nitrogens with zero attached hydrogens (tertiary/aromatic N) is 1. The molecular weight excluding hydrogens is 157 g/mol. The minimum Gasteiger partial charge on any atom is -0.394 e. The fourth-order valence-corrected chi connectivity index (χ4v) is 2.80. The summed E-state index contributed by atoms with van der Waals surface area (Å²) in [6.07, 6.45) is 4.09. The third kappa shape index (κ3) is 0.995. The van der Waals surface area contributed by atoms with Gasteiger partial charge in [-0.1, -0.05) is 0 Å². The molecule has 2 rings (SSSR count). The maximum Gasteiger partial charge on any atom is 0.105 e. The lowest BCUT2D eigenvalue weighted by Crippen LogP contribution is -2.45. The molecular formula is C9H16FNO. The summed E-state index contributed by atoms with van der Waals surface area (Å²) in [5, 5.41) is 9.28. The minimum atomic E-state index is -0.248. The van der Waals surface area contributed by atoms with Crippen LogP contribution in [0.1, 0.15) is 25.7 Å². The molecule has 0 unspecified atom stereocenters. The second-order valence-corrected chi connectivity index (χ2v) is 4.03. The third-order valence-corrected chi connectivity index (χ3v) is 3.51. The second kappa shape index (κ2) is 2.96. The molecule has 0 radical (unpaired) electrons. The molecule has 12 heavy (non-hydrogen) atoms. The Hall–Kier alpha value is -0.150. The SMILES string of the molecule is OC[C@@]12CCCN1[C@H](CF)CC2. The lowest BCUT2D eigenvalue weighted by molar-refractivity contribution is 0.0708. The normalized spacial score (nSPS) is 42.0. The average Bonchev–Trinajstić information content (AvgIpc) is 2.61. The minimum absolute atomic E-state index is 0.0310. The van der Waals surface area contributed by atoms with Gasteiger partial charge in [0.2, 0.25) is 0 Å². The Morgan fingerprint density at radius 3 is 3.00 bits per heavy atom. The molecule has 0 spiro atoms. The summed E-state index contributed by atoms with van der Waals surface area (Å²) in [5.41, 5.74) is -0.0310. The highest BCUT2D eigenvalue weighted by atomic mass is 19.1. The predicted molar refractivity (Wildman–Crippen MR) is 44.8 cm³/mol. The van der Waals surface area contributed by atoms with Gasteiger partial charge in [0.25, 0.3) is 0 Å². The molecule has 2 heterocycles. The molecule has 2 nitrogen and oxygen atoms in total. The Labute approximate surface area is 72.4 Å². The van der Waals surface area contributed by atoms with Gasteiger partial charge >= 0.3 is 0 Å². The zero-order chi connectivity index (χ0) is 8.60. The summed E-state index contributed by atoms with van der Waals surface area (Å²) >= 11 is 0. The van der Waals surface area contributed by atoms with Gasteiger partial charge in [-0.3, -0.25) is 4.90 Å². The van der Waals surface area contributed by atoms with Crippen LogP contribution in [0.25, 0.3) is 0 Å². The molecule has 0 saturated carbocycles. The molecule has 1 N–H and O–H groups in total. The monoisotopic (exact) mass is 173 g/mol. The summed E-state index contributed by atoms with van der Waals surface area (Å²) in [6, 6.07) is 0.0969. The van der Waals surface area contributed by atoms with Gasteiger partial charge in [-0.25, -0.2) is 4.39 Å². The van der Waals surface area contributed by atoms with Crippen LogP contribution in [0.2, 0.25) is 0 Å². The van der Waals surface area contributed by atoms with E-state index in [1.807, 2.05) is 0 Å². The molecule has 2 aliphatic rings. The van der Waals surface area contributed by atoms with Crippen molar-refractivity contribution in [3.8, 4) is 0 Å². The highest BCUT2D eigenvalue weighted by Crippen LogP contribution is 2.41. The molecule has 0 bridgehead atoms. The molecule has 0 amide bonds. The van der Waals surface area contributed by atoms with E-state index in [9.17, 15) is 9.50 Å². The van der Waals surface area contributed by atoms with Gasteiger partial charge in [-0.2, -0.15) is 0 Å². The Kier molecular flexibility index (Phi) is 2.09. The smallest absolute Gasteiger partial charge is 0.105 e. The van der Waals surface area contributed by atoms with E-state index >= 15 is 0 Å². The quantitative estimate of drug-likeness (QED) is 0.672. The number of aliphatic hydroxyl groups excluding tert-OH is 1. The maximum atomic E-state index is 12.5. The highest BCUT2D eigenvalue weighted by molar-refractivity contribution is 5.03. The molecule has 3 heteroatoms. The van der Waals surface area contributed by atoms with Gasteiger partial charge in [0, 0.05) is 11.6 Å². The molecule has 2 atom stereocenters. The van der Waals surface area contributed by atoms with Crippen LogP contribution in [0, 0.1) is 0 Å². The van der Waals surface area contributed by atoms with Crippen LogP contribution in [0.4, 0.5) is 4.39 Å². The van der Waals surface area contributed by atoms with Crippen LogP contribution in [0.5, 0.6) is 0 Å². The Balaban J connectivity index is 2.14. The van der Waals surface area contributed by atoms with E-state index in [0.29, 0.717) is 0 Å². The van der Waals surface area contributed by atoms with Crippen molar-refractivity contribution in [3.05, 3.63) is 0 Å². The summed E-state index contributed by atoms with van der Waals surface area (Å²) in [7, 11) is 0. The largest absolute Gasteiger partial charge is 0.394 e. The third-order valence-electron chi connectivity index (χ3n) is 3.51. The first-order valence-corrected chi connectivity index (χ1v) is 4.76. The van der Waals surface area contributed by atoms with E-state index in [1.165, 1.54) is 0 Å². The Morgan fingerprint density at radius 1 is 1.50 bits per heavy atom. The molecule has 2 saturated heterocycles. The Bertz CT molecular complexity index is 176. The molecule has 0 aliphatic carbocycles. The highest BCUT2D eigenvalue weighted by Gasteiger charge is 2.48. The van der Waals surface area contributed by atoms with Crippen LogP contribution < -0.4 is 0 Å². The van der Waals surface area contributed by atoms with Gasteiger partial charge in [0.1, 0.15) is 6.67 Å². The van der Waals surface area contributed by atoms with Crippen LogP contribution in [0.15, 0.2) is 0 Å². The van der Waals surface area contributed by atoms with Crippen molar-refractivity contribution in [2.45, 2.75) is 37.3 Å². The number of rotatable bonds is 2. The van der Waals surface area contributed by atoms with E-state index in [1.54, 1.807) is 0 Å². The van der Waals surface area contributed by atoms with Crippen molar-refractivity contribution in [1.29, 1.82) is 0 Å². The number of alkyl halides is 1. The first-order valence-electron chi connectivity index (χ1n) is 4.76. The topological polar surface area (TPSA) is 23.5 Å². The molecule has 0 aromatic heterocycles. The van der Waals surface area contributed by atoms with Gasteiger partial charge in [-0.15, -0.1) is 0 Å². The average molecular weight is 173 g/mol. The zero-order valence-corrected chi connectivity index (χ0v) is 7.30. The standard InChI is InChI=1S/C9H16FNO/c10-6-8-2-4-9(7-12)3-1-5-11(8)9/h8,12H,1-7H2/t8-,9-/m0/s1. The first-order chi connectivity index (χ1) is 5.82. The van der Waals surface area contributed by atoms with E-state index in [0.717, 1.165) is 32.2 Å². The Morgan fingerprint density at radius 2 is 2.33 bits per heavy atom. The number of fused-ring (bicyclic) bond motifs is 1. The van der Waals surface area contributed by atoms with E-state index < -0.39 is 0 Å². The fraction of sp³-hybridized carbons (Fsp3) is 1.00. The van der Waals surface area contributed by atoms with Crippen molar-refractivity contribution >= 4 is 0 Å². The summed E-state index contributed by atoms with van der Waals surface area (Å²) in [6.45, 7) is 0.945. The molecule has 2 fully saturated rings. The molecule has 2 aliphatic heterocycles. The maximum absolute atomic E-state index is 12.5. The lowest BCUT2D eigenvalue weighted by Gasteiger charge is -2.32. The number of hydrogen-bond acceptors (Lipinski definition) is 2. The van der Waals surface area contributed by atoms with Crippen LogP contribution >= 0.6 is 0 Å². The summed E-state index contributed by atoms with van der Waals surface area (Å²) < 4.78 is 12.5. The van der Waals surface area contributed by atoms with Crippen molar-refractivity contribution in [2.75, 3.05) is 19.8 Å². The fourth-order valence-electron chi connectivity index (χ4n) is 2.80. The number of halogens is 1. The van der Waals surface area contributed by atoms with Crippen LogP contribution in [0.3, 0.4) is 0 Å². The summed E-state index contributed by atoms with van der Waals surface area (Å²) in [4.78, 5) is 2.19. The van der Waals surface area contributed by atoms with Gasteiger partial charge in [0.15, 0.2) is 0 Å². The van der Waals surface area contributed by atoms with Crippen molar-refractivity contribution < 1.29 is 9.50 Å². The molecule has 0 aromatic rings. The number of hydrogen-bond donors (Lipinski definition) is 1. The first kappa shape index (κ1) is 8.45. The van der Waals surface area contributed by atoms with Gasteiger partial charge in [-0.05, 0) is 32.2 Å². The zero-order valence-electron chi connectivity index (χ0n) is 7.30.